The van der Waals surface area contributed by atoms with E-state index in [2.05, 4.69) is 34.2 Å². The van der Waals surface area contributed by atoms with E-state index < -0.39 is 0 Å². The van der Waals surface area contributed by atoms with Crippen LogP contribution in [0.4, 0.5) is 5.95 Å². The largest absolute Gasteiger partial charge is 0.294 e. The van der Waals surface area contributed by atoms with E-state index in [0.717, 1.165) is 55.5 Å². The minimum atomic E-state index is -0.156. The molecule has 1 N–H and O–H groups in total. The molecule has 1 amide bonds. The van der Waals surface area contributed by atoms with Crippen LogP contribution in [-0.4, -0.2) is 25.7 Å². The summed E-state index contributed by atoms with van der Waals surface area (Å²) in [5, 5.41) is 7.40. The topological polar surface area (TPSA) is 72.7 Å². The van der Waals surface area contributed by atoms with Gasteiger partial charge in [0.25, 0.3) is 0 Å². The molecule has 0 saturated carbocycles. The molecule has 0 unspecified atom stereocenters. The number of anilines is 1. The Morgan fingerprint density at radius 1 is 1.32 bits per heavy atom. The molecule has 0 saturated heterocycles. The van der Waals surface area contributed by atoms with Crippen molar-refractivity contribution in [2.45, 2.75) is 58.3 Å². The third-order valence-electron chi connectivity index (χ3n) is 5.43. The maximum absolute atomic E-state index is 12.8. The van der Waals surface area contributed by atoms with Crippen LogP contribution >= 0.6 is 0 Å². The van der Waals surface area contributed by atoms with Crippen LogP contribution < -0.4 is 5.32 Å². The Balaban J connectivity index is 1.52. The molecule has 132 valence electrons. The van der Waals surface area contributed by atoms with Crippen LogP contribution in [0.15, 0.2) is 12.4 Å². The van der Waals surface area contributed by atoms with Gasteiger partial charge in [0, 0.05) is 30.7 Å². The molecule has 2 aliphatic rings. The lowest BCUT2D eigenvalue weighted by atomic mass is 9.76. The van der Waals surface area contributed by atoms with Crippen LogP contribution in [0.3, 0.4) is 0 Å². The molecule has 0 radical (unpaired) electrons. The highest BCUT2D eigenvalue weighted by molar-refractivity contribution is 5.94. The summed E-state index contributed by atoms with van der Waals surface area (Å²) in [6.45, 7) is 4.56. The average molecular weight is 339 g/mol. The Labute approximate surface area is 148 Å². The highest BCUT2D eigenvalue weighted by Gasteiger charge is 2.30. The van der Waals surface area contributed by atoms with Crippen molar-refractivity contribution in [3.8, 4) is 0 Å². The second-order valence-corrected chi connectivity index (χ2v) is 8.15. The molecular formula is C19H25N5O. The molecule has 0 fully saturated rings. The van der Waals surface area contributed by atoms with Gasteiger partial charge in [0.1, 0.15) is 0 Å². The van der Waals surface area contributed by atoms with E-state index in [0.29, 0.717) is 11.4 Å². The third kappa shape index (κ3) is 3.17. The Hall–Kier alpha value is -2.24. The third-order valence-corrected chi connectivity index (χ3v) is 5.43. The zero-order valence-electron chi connectivity index (χ0n) is 15.2. The van der Waals surface area contributed by atoms with E-state index in [1.54, 1.807) is 4.68 Å². The van der Waals surface area contributed by atoms with Gasteiger partial charge in [-0.1, -0.05) is 13.8 Å². The molecule has 0 aliphatic heterocycles. The van der Waals surface area contributed by atoms with Gasteiger partial charge in [-0.05, 0) is 49.5 Å². The van der Waals surface area contributed by atoms with Gasteiger partial charge >= 0.3 is 0 Å². The number of nitrogens with zero attached hydrogens (tertiary/aromatic N) is 4. The van der Waals surface area contributed by atoms with Crippen molar-refractivity contribution in [2.24, 2.45) is 12.5 Å². The van der Waals surface area contributed by atoms with Gasteiger partial charge in [0.2, 0.25) is 11.9 Å². The summed E-state index contributed by atoms with van der Waals surface area (Å²) in [6.07, 6.45) is 9.70. The predicted molar refractivity (Wildman–Crippen MR) is 95.4 cm³/mol. The van der Waals surface area contributed by atoms with Crippen LogP contribution in [0.5, 0.6) is 0 Å². The van der Waals surface area contributed by atoms with Gasteiger partial charge in [-0.2, -0.15) is 5.10 Å². The Morgan fingerprint density at radius 3 is 3.00 bits per heavy atom. The van der Waals surface area contributed by atoms with Crippen LogP contribution in [0.2, 0.25) is 0 Å². The van der Waals surface area contributed by atoms with E-state index in [4.69, 9.17) is 0 Å². The first-order chi connectivity index (χ1) is 11.9. The number of nitrogens with one attached hydrogen (secondary N) is 1. The number of rotatable bonds is 2. The van der Waals surface area contributed by atoms with Crippen molar-refractivity contribution < 1.29 is 4.79 Å². The van der Waals surface area contributed by atoms with E-state index in [-0.39, 0.29) is 11.8 Å². The minimum absolute atomic E-state index is 0.0231. The van der Waals surface area contributed by atoms with E-state index in [9.17, 15) is 4.79 Å². The van der Waals surface area contributed by atoms with Gasteiger partial charge in [0.15, 0.2) is 0 Å². The fourth-order valence-electron chi connectivity index (χ4n) is 4.06. The average Bonchev–Trinajstić information content (AvgIpc) is 2.94. The van der Waals surface area contributed by atoms with Gasteiger partial charge in [-0.3, -0.25) is 14.8 Å². The molecule has 25 heavy (non-hydrogen) atoms. The van der Waals surface area contributed by atoms with Crippen LogP contribution in [0, 0.1) is 5.41 Å². The molecule has 6 nitrogen and oxygen atoms in total. The maximum Gasteiger partial charge on any atom is 0.234 e. The molecule has 4 rings (SSSR count). The zero-order chi connectivity index (χ0) is 17.6. The predicted octanol–water partition coefficient (Wildman–Crippen LogP) is 2.78. The highest BCUT2D eigenvalue weighted by Crippen LogP contribution is 2.34. The molecule has 2 aliphatic carbocycles. The lowest BCUT2D eigenvalue weighted by Crippen LogP contribution is -2.27. The van der Waals surface area contributed by atoms with Gasteiger partial charge in [0.05, 0.1) is 11.6 Å². The van der Waals surface area contributed by atoms with E-state index >= 15 is 0 Å². The molecule has 0 spiro atoms. The van der Waals surface area contributed by atoms with Crippen molar-refractivity contribution >= 4 is 11.9 Å². The summed E-state index contributed by atoms with van der Waals surface area (Å²) in [4.78, 5) is 21.8. The Bertz CT molecular complexity index is 823. The molecule has 2 heterocycles. The Morgan fingerprint density at radius 2 is 2.16 bits per heavy atom. The van der Waals surface area contributed by atoms with Crippen molar-refractivity contribution in [1.82, 2.24) is 19.7 Å². The van der Waals surface area contributed by atoms with E-state index in [1.165, 1.54) is 5.56 Å². The number of carbonyl (C=O) groups is 1. The van der Waals surface area contributed by atoms with Crippen LogP contribution in [0.1, 0.15) is 61.5 Å². The lowest BCUT2D eigenvalue weighted by molar-refractivity contribution is -0.117. The first-order valence-electron chi connectivity index (χ1n) is 9.09. The normalized spacial score (nSPS) is 21.3. The number of carbonyl (C=O) groups excluding carboxylic acids is 1. The monoisotopic (exact) mass is 339 g/mol. The summed E-state index contributed by atoms with van der Waals surface area (Å²) in [5.41, 5.74) is 4.69. The number of aromatic nitrogens is 4. The van der Waals surface area contributed by atoms with Crippen molar-refractivity contribution in [1.29, 1.82) is 0 Å². The zero-order valence-corrected chi connectivity index (χ0v) is 15.2. The van der Waals surface area contributed by atoms with Crippen LogP contribution in [-0.2, 0) is 31.1 Å². The minimum Gasteiger partial charge on any atom is -0.294 e. The maximum atomic E-state index is 12.8. The van der Waals surface area contributed by atoms with Crippen LogP contribution in [0.25, 0.3) is 0 Å². The van der Waals surface area contributed by atoms with Gasteiger partial charge in [-0.15, -0.1) is 0 Å². The molecule has 2 aromatic heterocycles. The fraction of sp³-hybridized carbons (Fsp3) is 0.579. The summed E-state index contributed by atoms with van der Waals surface area (Å²) in [7, 11) is 1.90. The van der Waals surface area contributed by atoms with Crippen molar-refractivity contribution in [3.63, 3.8) is 0 Å². The smallest absolute Gasteiger partial charge is 0.234 e. The number of amides is 1. The summed E-state index contributed by atoms with van der Waals surface area (Å²) < 4.78 is 1.80. The summed E-state index contributed by atoms with van der Waals surface area (Å²) in [5.74, 6) is 0.250. The SMILES string of the molecule is Cn1cc2c(n1)CCC[C@@H]2C(=O)Nc1ncc2c(n1)CCC(C)(C)C2. The first-order valence-corrected chi connectivity index (χ1v) is 9.09. The quantitative estimate of drug-likeness (QED) is 0.913. The fourth-order valence-corrected chi connectivity index (χ4v) is 4.06. The van der Waals surface area contributed by atoms with Gasteiger partial charge in [-0.25, -0.2) is 9.97 Å². The standard InChI is InChI=1S/C19H25N5O/c1-19(2)8-7-15-12(9-19)10-20-18(21-15)22-17(25)13-5-4-6-16-14(13)11-24(3)23-16/h10-11,13H,4-9H2,1-3H3,(H,20,21,22,25)/t13-/m0/s1. The number of hydrogen-bond acceptors (Lipinski definition) is 4. The first kappa shape index (κ1) is 16.2. The van der Waals surface area contributed by atoms with E-state index in [1.807, 2.05) is 19.4 Å². The Kier molecular flexibility index (Phi) is 3.85. The number of fused-ring (bicyclic) bond motifs is 2. The molecule has 6 heteroatoms. The molecule has 0 aromatic carbocycles. The molecular weight excluding hydrogens is 314 g/mol. The van der Waals surface area contributed by atoms with Crippen molar-refractivity contribution in [2.75, 3.05) is 5.32 Å². The highest BCUT2D eigenvalue weighted by atomic mass is 16.2. The second kappa shape index (κ2) is 5.93. The lowest BCUT2D eigenvalue weighted by Gasteiger charge is -2.30. The molecule has 0 bridgehead atoms. The van der Waals surface area contributed by atoms with Gasteiger partial charge < -0.3 is 0 Å². The summed E-state index contributed by atoms with van der Waals surface area (Å²) in [6, 6.07) is 0. The number of aryl methyl sites for hydroxylation is 3. The molecule has 2 aromatic rings. The second-order valence-electron chi connectivity index (χ2n) is 8.15. The van der Waals surface area contributed by atoms with Crippen molar-refractivity contribution in [3.05, 3.63) is 34.9 Å². The molecule has 1 atom stereocenters. The number of hydrogen-bond donors (Lipinski definition) is 1. The summed E-state index contributed by atoms with van der Waals surface area (Å²) >= 11 is 0.